The van der Waals surface area contributed by atoms with Gasteiger partial charge < -0.3 is 19.5 Å². The second-order valence-corrected chi connectivity index (χ2v) is 11.6. The molecule has 0 spiro atoms. The number of carbonyl (C=O) groups excluding carboxylic acids is 4. The van der Waals surface area contributed by atoms with Gasteiger partial charge in [-0.3, -0.25) is 24.1 Å². The third kappa shape index (κ3) is 6.86. The number of ether oxygens (including phenoxy) is 3. The summed E-state index contributed by atoms with van der Waals surface area (Å²) in [6.45, 7) is 6.55. The van der Waals surface area contributed by atoms with Gasteiger partial charge in [-0.2, -0.15) is 0 Å². The first-order valence-electron chi connectivity index (χ1n) is 12.5. The molecule has 0 fully saturated rings. The lowest BCUT2D eigenvalue weighted by Gasteiger charge is -2.28. The van der Waals surface area contributed by atoms with E-state index >= 15 is 0 Å². The van der Waals surface area contributed by atoms with Gasteiger partial charge in [0.05, 0.1) is 5.25 Å². The molecule has 2 heterocycles. The smallest absolute Gasteiger partial charge is 0.326 e. The van der Waals surface area contributed by atoms with E-state index in [1.54, 1.807) is 45.0 Å². The van der Waals surface area contributed by atoms with Crippen molar-refractivity contribution in [1.82, 2.24) is 5.32 Å². The lowest BCUT2D eigenvalue weighted by atomic mass is 10.0. The molecule has 202 valence electrons. The van der Waals surface area contributed by atoms with Crippen molar-refractivity contribution in [3.05, 3.63) is 53.6 Å². The summed E-state index contributed by atoms with van der Waals surface area (Å²) in [4.78, 5) is 53.2. The molecule has 1 unspecified atom stereocenters. The van der Waals surface area contributed by atoms with Crippen molar-refractivity contribution in [2.75, 3.05) is 18.2 Å². The molecule has 0 saturated heterocycles. The van der Waals surface area contributed by atoms with Crippen molar-refractivity contribution in [3.63, 3.8) is 0 Å². The number of nitrogens with zero attached hydrogens (tertiary/aromatic N) is 1. The van der Waals surface area contributed by atoms with Crippen molar-refractivity contribution in [2.24, 2.45) is 0 Å². The van der Waals surface area contributed by atoms with E-state index in [0.29, 0.717) is 30.0 Å². The Balaban J connectivity index is 1.53. The number of fused-ring (bicyclic) bond motifs is 2. The molecule has 9 nitrogen and oxygen atoms in total. The third-order valence-electron chi connectivity index (χ3n) is 6.03. The topological polar surface area (TPSA) is 111 Å². The number of hydrogen-bond acceptors (Lipinski definition) is 8. The molecule has 2 atom stereocenters. The van der Waals surface area contributed by atoms with Crippen LogP contribution < -0.4 is 19.7 Å². The number of hydrogen-bond donors (Lipinski definition) is 1. The maximum absolute atomic E-state index is 13.7. The Morgan fingerprint density at radius 2 is 1.87 bits per heavy atom. The quantitative estimate of drug-likeness (QED) is 0.532. The van der Waals surface area contributed by atoms with Crippen LogP contribution in [0, 0.1) is 0 Å². The van der Waals surface area contributed by atoms with Crippen LogP contribution in [-0.4, -0.2) is 53.1 Å². The fourth-order valence-corrected chi connectivity index (χ4v) is 5.30. The minimum Gasteiger partial charge on any atom is -0.459 e. The van der Waals surface area contributed by atoms with Gasteiger partial charge in [0.15, 0.2) is 16.6 Å². The Bertz CT molecular complexity index is 1240. The van der Waals surface area contributed by atoms with Crippen molar-refractivity contribution in [3.8, 4) is 11.5 Å². The average molecular weight is 541 g/mol. The molecule has 0 radical (unpaired) electrons. The second-order valence-electron chi connectivity index (χ2n) is 10.2. The van der Waals surface area contributed by atoms with E-state index in [-0.39, 0.29) is 24.9 Å². The summed E-state index contributed by atoms with van der Waals surface area (Å²) in [7, 11) is 0. The number of thioether (sulfide) groups is 1. The highest BCUT2D eigenvalue weighted by Crippen LogP contribution is 2.34. The van der Waals surface area contributed by atoms with Gasteiger partial charge in [-0.25, -0.2) is 0 Å². The lowest BCUT2D eigenvalue weighted by molar-refractivity contribution is -0.153. The first-order valence-corrected chi connectivity index (χ1v) is 13.4. The number of rotatable bonds is 7. The Morgan fingerprint density at radius 1 is 1.13 bits per heavy atom. The molecule has 2 aromatic carbocycles. The van der Waals surface area contributed by atoms with Crippen molar-refractivity contribution < 1.29 is 33.4 Å². The van der Waals surface area contributed by atoms with E-state index < -0.39 is 34.7 Å². The number of para-hydroxylation sites is 1. The third-order valence-corrected chi connectivity index (χ3v) is 7.03. The predicted molar refractivity (Wildman–Crippen MR) is 143 cm³/mol. The largest absolute Gasteiger partial charge is 0.459 e. The Morgan fingerprint density at radius 3 is 2.61 bits per heavy atom. The summed E-state index contributed by atoms with van der Waals surface area (Å²) in [5, 5.41) is 1.89. The van der Waals surface area contributed by atoms with Gasteiger partial charge in [-0.05, 0) is 69.4 Å². The molecule has 10 heteroatoms. The standard InChI is InChI=1S/C28H32N2O7S/c1-17(31)38-24(14-18-9-12-22-23(13-18)36-16-35-22)26(33)29-20-11-10-19-7-5-6-8-21(19)30(27(20)34)15-25(32)37-28(2,3)4/h5-9,12-13,20,24H,10-11,14-16H2,1-4H3,(H,29,33)/t20?,24-/m0/s1. The normalized spacial score (nSPS) is 17.3. The molecule has 2 aliphatic rings. The maximum Gasteiger partial charge on any atom is 0.326 e. The van der Waals surface area contributed by atoms with Crippen molar-refractivity contribution >= 4 is 40.3 Å². The minimum atomic E-state index is -0.871. The van der Waals surface area contributed by atoms with Crippen LogP contribution in [0.4, 0.5) is 5.69 Å². The van der Waals surface area contributed by atoms with E-state index in [0.717, 1.165) is 22.9 Å². The van der Waals surface area contributed by atoms with Crippen LogP contribution in [0.5, 0.6) is 11.5 Å². The van der Waals surface area contributed by atoms with Crippen LogP contribution in [0.15, 0.2) is 42.5 Å². The molecule has 0 saturated carbocycles. The zero-order valence-electron chi connectivity index (χ0n) is 21.9. The second kappa shape index (κ2) is 11.5. The maximum atomic E-state index is 13.7. The monoisotopic (exact) mass is 540 g/mol. The van der Waals surface area contributed by atoms with E-state index in [9.17, 15) is 19.2 Å². The first kappa shape index (κ1) is 27.5. The van der Waals surface area contributed by atoms with Gasteiger partial charge in [0.2, 0.25) is 18.6 Å². The van der Waals surface area contributed by atoms with Gasteiger partial charge in [0.25, 0.3) is 0 Å². The Labute approximate surface area is 226 Å². The van der Waals surface area contributed by atoms with Gasteiger partial charge in [0.1, 0.15) is 18.2 Å². The van der Waals surface area contributed by atoms with Crippen molar-refractivity contribution in [1.29, 1.82) is 0 Å². The Kier molecular flexibility index (Phi) is 8.30. The van der Waals surface area contributed by atoms with Crippen LogP contribution in [0.3, 0.4) is 0 Å². The number of aryl methyl sites for hydroxylation is 1. The molecule has 2 aliphatic heterocycles. The van der Waals surface area contributed by atoms with Crippen LogP contribution in [-0.2, 0) is 36.8 Å². The number of carbonyl (C=O) groups is 4. The first-order chi connectivity index (χ1) is 18.0. The van der Waals surface area contributed by atoms with Gasteiger partial charge in [0, 0.05) is 12.6 Å². The molecular formula is C28H32N2O7S. The van der Waals surface area contributed by atoms with Crippen molar-refractivity contribution in [2.45, 2.75) is 63.9 Å². The van der Waals surface area contributed by atoms with Gasteiger partial charge in [-0.15, -0.1) is 0 Å². The molecule has 4 rings (SSSR count). The zero-order valence-corrected chi connectivity index (χ0v) is 22.8. The fraction of sp³-hybridized carbons (Fsp3) is 0.429. The molecule has 1 N–H and O–H groups in total. The summed E-state index contributed by atoms with van der Waals surface area (Å²) >= 11 is 0.914. The van der Waals surface area contributed by atoms with Gasteiger partial charge >= 0.3 is 5.97 Å². The summed E-state index contributed by atoms with van der Waals surface area (Å²) in [6.07, 6.45) is 1.15. The molecule has 0 bridgehead atoms. The molecular weight excluding hydrogens is 508 g/mol. The van der Waals surface area contributed by atoms with Crippen LogP contribution in [0.25, 0.3) is 0 Å². The van der Waals surface area contributed by atoms with Crippen LogP contribution >= 0.6 is 11.8 Å². The molecule has 0 aromatic heterocycles. The zero-order chi connectivity index (χ0) is 27.4. The minimum absolute atomic E-state index is 0.136. The van der Waals surface area contributed by atoms with E-state index in [1.165, 1.54) is 11.8 Å². The molecule has 2 aromatic rings. The van der Waals surface area contributed by atoms with E-state index in [2.05, 4.69) is 5.32 Å². The number of nitrogens with one attached hydrogen (secondary N) is 1. The summed E-state index contributed by atoms with van der Waals surface area (Å²) in [5.74, 6) is -0.152. The SMILES string of the molecule is CC(=O)S[C@@H](Cc1ccc2c(c1)OCO2)C(=O)NC1CCc2ccccc2N(CC(=O)OC(C)(C)C)C1=O. The highest BCUT2D eigenvalue weighted by molar-refractivity contribution is 8.14. The highest BCUT2D eigenvalue weighted by Gasteiger charge is 2.35. The van der Waals surface area contributed by atoms with Crippen LogP contribution in [0.2, 0.25) is 0 Å². The number of benzene rings is 2. The number of esters is 1. The molecule has 38 heavy (non-hydrogen) atoms. The van der Waals surface area contributed by atoms with Gasteiger partial charge in [-0.1, -0.05) is 36.0 Å². The molecule has 2 amide bonds. The fourth-order valence-electron chi connectivity index (χ4n) is 4.45. The summed E-state index contributed by atoms with van der Waals surface area (Å²) in [6, 6.07) is 11.9. The summed E-state index contributed by atoms with van der Waals surface area (Å²) < 4.78 is 16.2. The summed E-state index contributed by atoms with van der Waals surface area (Å²) in [5.41, 5.74) is 1.62. The predicted octanol–water partition coefficient (Wildman–Crippen LogP) is 3.41. The highest BCUT2D eigenvalue weighted by atomic mass is 32.2. The van der Waals surface area contributed by atoms with Crippen LogP contribution in [0.1, 0.15) is 45.2 Å². The average Bonchev–Trinajstić information content (AvgIpc) is 3.26. The lowest BCUT2D eigenvalue weighted by Crippen LogP contribution is -2.52. The Hall–Kier alpha value is -3.53. The molecule has 0 aliphatic carbocycles. The van der Waals surface area contributed by atoms with E-state index in [4.69, 9.17) is 14.2 Å². The number of amides is 2. The van der Waals surface area contributed by atoms with E-state index in [1.807, 2.05) is 18.2 Å². The number of anilines is 1.